The van der Waals surface area contributed by atoms with Crippen LogP contribution in [-0.4, -0.2) is 47.8 Å². The van der Waals surface area contributed by atoms with E-state index in [0.29, 0.717) is 10.0 Å². The van der Waals surface area contributed by atoms with E-state index in [2.05, 4.69) is 0 Å². The first-order valence-corrected chi connectivity index (χ1v) is 9.69. The van der Waals surface area contributed by atoms with E-state index < -0.39 is 37.0 Å². The van der Waals surface area contributed by atoms with E-state index in [1.165, 1.54) is 0 Å². The van der Waals surface area contributed by atoms with Gasteiger partial charge >= 0.3 is 0 Å². The van der Waals surface area contributed by atoms with Crippen molar-refractivity contribution in [1.82, 2.24) is 0 Å². The minimum absolute atomic E-state index is 0.262. The fourth-order valence-electron chi connectivity index (χ4n) is 3.49. The maximum Gasteiger partial charge on any atom is 0.185 e. The lowest BCUT2D eigenvalue weighted by atomic mass is 10.0. The summed E-state index contributed by atoms with van der Waals surface area (Å²) in [6, 6.07) is 14.3. The first kappa shape index (κ1) is 20.1. The van der Waals surface area contributed by atoms with E-state index in [1.54, 1.807) is 36.4 Å². The average Bonchev–Trinajstić information content (AvgIpc) is 3.32. The normalized spacial score (nSPS) is 32.7. The Kier molecular flexibility index (Phi) is 6.20. The van der Waals surface area contributed by atoms with Crippen LogP contribution in [0.2, 0.25) is 10.0 Å². The SMILES string of the molecule is OC[C@@H]1OC(c2cccc(Cl)c2)O[C@H]1[C@@H]1OC(c2cccc(Cl)c2)O[C@@H]1CO. The molecule has 0 bridgehead atoms. The topological polar surface area (TPSA) is 77.4 Å². The summed E-state index contributed by atoms with van der Waals surface area (Å²) in [4.78, 5) is 0. The van der Waals surface area contributed by atoms with E-state index >= 15 is 0 Å². The molecule has 2 aliphatic rings. The average molecular weight is 427 g/mol. The summed E-state index contributed by atoms with van der Waals surface area (Å²) in [5.41, 5.74) is 1.47. The zero-order valence-corrected chi connectivity index (χ0v) is 16.3. The Morgan fingerprint density at radius 2 is 1.11 bits per heavy atom. The number of aliphatic hydroxyl groups excluding tert-OH is 2. The Hall–Kier alpha value is -1.22. The maximum atomic E-state index is 9.79. The third-order valence-electron chi connectivity index (χ3n) is 4.82. The summed E-state index contributed by atoms with van der Waals surface area (Å²) in [5.74, 6) is 0. The summed E-state index contributed by atoms with van der Waals surface area (Å²) in [6.45, 7) is -0.525. The highest BCUT2D eigenvalue weighted by atomic mass is 35.5. The van der Waals surface area contributed by atoms with Gasteiger partial charge in [-0.05, 0) is 24.3 Å². The van der Waals surface area contributed by atoms with E-state index in [4.69, 9.17) is 42.1 Å². The standard InChI is InChI=1S/C20H20Cl2O6/c21-13-5-1-3-11(7-13)19-25-15(9-23)17(27-19)18-16(10-24)26-20(28-18)12-4-2-6-14(22)8-12/h1-8,15-20,23-24H,9-10H2/t15-,16+,17-,18-,19?,20?/m1/s1. The van der Waals surface area contributed by atoms with Crippen LogP contribution in [0.1, 0.15) is 23.7 Å². The molecule has 2 saturated heterocycles. The van der Waals surface area contributed by atoms with Gasteiger partial charge in [-0.25, -0.2) is 0 Å². The van der Waals surface area contributed by atoms with Crippen LogP contribution in [0.15, 0.2) is 48.5 Å². The molecule has 4 rings (SSSR count). The highest BCUT2D eigenvalue weighted by Gasteiger charge is 2.49. The fourth-order valence-corrected chi connectivity index (χ4v) is 3.89. The summed E-state index contributed by atoms with van der Waals surface area (Å²) in [5, 5.41) is 20.7. The Bertz CT molecular complexity index is 751. The highest BCUT2D eigenvalue weighted by Crippen LogP contribution is 2.40. The molecule has 0 aliphatic carbocycles. The van der Waals surface area contributed by atoms with E-state index in [1.807, 2.05) is 12.1 Å². The van der Waals surface area contributed by atoms with Gasteiger partial charge in [0.2, 0.25) is 0 Å². The molecule has 0 aromatic heterocycles. The lowest BCUT2D eigenvalue weighted by molar-refractivity contribution is -0.107. The molecule has 0 amide bonds. The number of halogens is 2. The number of hydrogen-bond donors (Lipinski definition) is 2. The van der Waals surface area contributed by atoms with Crippen molar-refractivity contribution in [3.05, 3.63) is 69.7 Å². The fraction of sp³-hybridized carbons (Fsp3) is 0.400. The number of hydrogen-bond acceptors (Lipinski definition) is 6. The van der Waals surface area contributed by atoms with E-state index in [0.717, 1.165) is 11.1 Å². The van der Waals surface area contributed by atoms with Gasteiger partial charge in [0.25, 0.3) is 0 Å². The van der Waals surface area contributed by atoms with Gasteiger partial charge in [-0.2, -0.15) is 0 Å². The van der Waals surface area contributed by atoms with Gasteiger partial charge in [0.1, 0.15) is 24.4 Å². The third-order valence-corrected chi connectivity index (χ3v) is 5.29. The zero-order valence-electron chi connectivity index (χ0n) is 14.8. The Balaban J connectivity index is 1.54. The van der Waals surface area contributed by atoms with Crippen LogP contribution in [0.4, 0.5) is 0 Å². The van der Waals surface area contributed by atoms with Crippen molar-refractivity contribution in [3.8, 4) is 0 Å². The summed E-state index contributed by atoms with van der Waals surface area (Å²) in [6.07, 6.45) is -3.93. The maximum absolute atomic E-state index is 9.79. The lowest BCUT2D eigenvalue weighted by Gasteiger charge is -2.23. The number of benzene rings is 2. The summed E-state index contributed by atoms with van der Waals surface area (Å²) in [7, 11) is 0. The van der Waals surface area contributed by atoms with E-state index in [9.17, 15) is 10.2 Å². The van der Waals surface area contributed by atoms with Crippen LogP contribution < -0.4 is 0 Å². The quantitative estimate of drug-likeness (QED) is 0.763. The number of ether oxygens (including phenoxy) is 4. The molecule has 8 heteroatoms. The molecule has 2 aromatic rings. The lowest BCUT2D eigenvalue weighted by Crippen LogP contribution is -2.44. The summed E-state index contributed by atoms with van der Waals surface area (Å²) < 4.78 is 23.8. The van der Waals surface area contributed by atoms with Gasteiger partial charge < -0.3 is 29.2 Å². The monoisotopic (exact) mass is 426 g/mol. The highest BCUT2D eigenvalue weighted by molar-refractivity contribution is 6.30. The molecule has 2 fully saturated rings. The first-order valence-electron chi connectivity index (χ1n) is 8.93. The Morgan fingerprint density at radius 3 is 1.46 bits per heavy atom. The molecule has 2 N–H and O–H groups in total. The summed E-state index contributed by atoms with van der Waals surface area (Å²) >= 11 is 12.1. The molecule has 2 unspecified atom stereocenters. The largest absolute Gasteiger partial charge is 0.394 e. The zero-order chi connectivity index (χ0) is 19.7. The van der Waals surface area contributed by atoms with Crippen molar-refractivity contribution in [2.75, 3.05) is 13.2 Å². The molecule has 0 radical (unpaired) electrons. The van der Waals surface area contributed by atoms with Crippen molar-refractivity contribution < 1.29 is 29.2 Å². The van der Waals surface area contributed by atoms with Crippen molar-refractivity contribution in [2.45, 2.75) is 37.0 Å². The second-order valence-corrected chi connectivity index (χ2v) is 7.56. The molecule has 0 saturated carbocycles. The van der Waals surface area contributed by atoms with Gasteiger partial charge in [0.05, 0.1) is 13.2 Å². The van der Waals surface area contributed by atoms with Crippen molar-refractivity contribution in [2.24, 2.45) is 0 Å². The minimum Gasteiger partial charge on any atom is -0.394 e. The first-order chi connectivity index (χ1) is 13.6. The second kappa shape index (κ2) is 8.65. The molecule has 6 nitrogen and oxygen atoms in total. The van der Waals surface area contributed by atoms with Crippen LogP contribution in [0.3, 0.4) is 0 Å². The Labute approximate surface area is 172 Å². The molecule has 28 heavy (non-hydrogen) atoms. The van der Waals surface area contributed by atoms with Gasteiger partial charge in [-0.15, -0.1) is 0 Å². The van der Waals surface area contributed by atoms with Gasteiger partial charge in [0.15, 0.2) is 12.6 Å². The van der Waals surface area contributed by atoms with Gasteiger partial charge in [-0.1, -0.05) is 47.5 Å². The van der Waals surface area contributed by atoms with E-state index in [-0.39, 0.29) is 13.2 Å². The smallest absolute Gasteiger partial charge is 0.185 e. The Morgan fingerprint density at radius 1 is 0.679 bits per heavy atom. The van der Waals surface area contributed by atoms with Gasteiger partial charge in [0, 0.05) is 21.2 Å². The van der Waals surface area contributed by atoms with Crippen molar-refractivity contribution in [3.63, 3.8) is 0 Å². The molecule has 2 aliphatic heterocycles. The molecular formula is C20H20Cl2O6. The molecule has 0 spiro atoms. The van der Waals surface area contributed by atoms with Crippen LogP contribution in [0, 0.1) is 0 Å². The second-order valence-electron chi connectivity index (χ2n) is 6.69. The van der Waals surface area contributed by atoms with Crippen LogP contribution in [-0.2, 0) is 18.9 Å². The molecule has 6 atom stereocenters. The van der Waals surface area contributed by atoms with Gasteiger partial charge in [-0.3, -0.25) is 0 Å². The molecule has 2 aromatic carbocycles. The van der Waals surface area contributed by atoms with Crippen LogP contribution in [0.5, 0.6) is 0 Å². The molecular weight excluding hydrogens is 407 g/mol. The van der Waals surface area contributed by atoms with Crippen molar-refractivity contribution in [1.29, 1.82) is 0 Å². The molecule has 2 heterocycles. The number of rotatable bonds is 5. The predicted octanol–water partition coefficient (Wildman–Crippen LogP) is 3.24. The minimum atomic E-state index is -0.700. The third kappa shape index (κ3) is 4.06. The number of aliphatic hydroxyl groups is 2. The van der Waals surface area contributed by atoms with Crippen LogP contribution in [0.25, 0.3) is 0 Å². The predicted molar refractivity (Wildman–Crippen MR) is 102 cm³/mol. The van der Waals surface area contributed by atoms with Crippen LogP contribution >= 0.6 is 23.2 Å². The van der Waals surface area contributed by atoms with Crippen molar-refractivity contribution >= 4 is 23.2 Å². The molecule has 150 valence electrons.